The number of rotatable bonds is 5. The van der Waals surface area contributed by atoms with Crippen molar-refractivity contribution in [3.05, 3.63) is 96.9 Å². The molecule has 0 N–H and O–H groups in total. The second-order valence-electron chi connectivity index (χ2n) is 6.26. The number of hydrogen-bond donors (Lipinski definition) is 0. The van der Waals surface area contributed by atoms with Crippen LogP contribution in [0.1, 0.15) is 22.3 Å². The molecule has 3 rings (SSSR count). The maximum absolute atomic E-state index is 9.56. The van der Waals surface area contributed by atoms with Crippen LogP contribution in [0, 0.1) is 18.3 Å². The fraction of sp³-hybridized carbons (Fsp3) is 0.0870. The van der Waals surface area contributed by atoms with E-state index in [0.717, 1.165) is 31.2 Å². The Morgan fingerprint density at radius 1 is 1.04 bits per heavy atom. The van der Waals surface area contributed by atoms with Crippen molar-refractivity contribution in [2.24, 2.45) is 0 Å². The van der Waals surface area contributed by atoms with Gasteiger partial charge in [-0.15, -0.1) is 0 Å². The van der Waals surface area contributed by atoms with Gasteiger partial charge in [-0.2, -0.15) is 5.26 Å². The lowest BCUT2D eigenvalue weighted by Gasteiger charge is -2.12. The summed E-state index contributed by atoms with van der Waals surface area (Å²) >= 11 is 13.1. The van der Waals surface area contributed by atoms with Crippen LogP contribution in [0.5, 0.6) is 5.75 Å². The fourth-order valence-corrected chi connectivity index (χ4v) is 4.19. The predicted octanol–water partition coefficient (Wildman–Crippen LogP) is 7.82. The van der Waals surface area contributed by atoms with Crippen LogP contribution in [0.15, 0.2) is 69.6 Å². The average Bonchev–Trinajstić information content (AvgIpc) is 2.67. The van der Waals surface area contributed by atoms with Gasteiger partial charge in [0.25, 0.3) is 0 Å². The van der Waals surface area contributed by atoms with E-state index in [1.54, 1.807) is 0 Å². The average molecular weight is 518 g/mol. The molecular weight excluding hydrogens is 502 g/mol. The Morgan fingerprint density at radius 2 is 1.64 bits per heavy atom. The highest BCUT2D eigenvalue weighted by Gasteiger charge is 2.10. The van der Waals surface area contributed by atoms with Crippen LogP contribution in [-0.4, -0.2) is 0 Å². The molecule has 5 heteroatoms. The van der Waals surface area contributed by atoms with Gasteiger partial charge in [-0.1, -0.05) is 53.6 Å². The summed E-state index contributed by atoms with van der Waals surface area (Å²) in [5.74, 6) is 0.709. The largest absolute Gasteiger partial charge is 0.487 e. The number of aryl methyl sites for hydroxylation is 1. The van der Waals surface area contributed by atoms with Crippen molar-refractivity contribution in [1.82, 2.24) is 0 Å². The van der Waals surface area contributed by atoms with Crippen molar-refractivity contribution in [3.8, 4) is 11.8 Å². The number of halogens is 3. The third-order valence-corrected chi connectivity index (χ3v) is 5.54. The molecule has 0 atom stereocenters. The molecule has 0 saturated heterocycles. The van der Waals surface area contributed by atoms with Gasteiger partial charge in [-0.3, -0.25) is 0 Å². The van der Waals surface area contributed by atoms with Crippen molar-refractivity contribution < 1.29 is 4.74 Å². The molecule has 0 spiro atoms. The Hall–Kier alpha value is -2.06. The summed E-state index contributed by atoms with van der Waals surface area (Å²) in [5.41, 5.74) is 4.58. The quantitative estimate of drug-likeness (QED) is 0.255. The molecule has 0 aliphatic carbocycles. The molecule has 0 amide bonds. The zero-order valence-electron chi connectivity index (χ0n) is 15.0. The highest BCUT2D eigenvalue weighted by molar-refractivity contribution is 9.11. The summed E-state index contributed by atoms with van der Waals surface area (Å²) in [6.07, 6.45) is 1.86. The minimum Gasteiger partial charge on any atom is -0.487 e. The van der Waals surface area contributed by atoms with E-state index in [2.05, 4.69) is 37.9 Å². The van der Waals surface area contributed by atoms with Gasteiger partial charge in [0, 0.05) is 5.02 Å². The first-order valence-electron chi connectivity index (χ1n) is 8.51. The first-order chi connectivity index (χ1) is 13.5. The SMILES string of the molecule is Cc1ccc(/C(C#N)=C\c2cc(Br)c(OCc3ccc(Cl)cc3)c(Br)c2)cc1. The number of benzene rings is 3. The normalized spacial score (nSPS) is 11.2. The third kappa shape index (κ3) is 5.26. The third-order valence-electron chi connectivity index (χ3n) is 4.11. The Balaban J connectivity index is 1.83. The van der Waals surface area contributed by atoms with Gasteiger partial charge >= 0.3 is 0 Å². The van der Waals surface area contributed by atoms with E-state index in [1.165, 1.54) is 0 Å². The fourth-order valence-electron chi connectivity index (χ4n) is 2.62. The highest BCUT2D eigenvalue weighted by Crippen LogP contribution is 2.36. The molecule has 0 radical (unpaired) electrons. The second-order valence-corrected chi connectivity index (χ2v) is 8.41. The van der Waals surface area contributed by atoms with Gasteiger partial charge < -0.3 is 4.74 Å². The van der Waals surface area contributed by atoms with Crippen LogP contribution in [-0.2, 0) is 6.61 Å². The molecule has 3 aromatic carbocycles. The molecule has 140 valence electrons. The maximum atomic E-state index is 9.56. The molecule has 0 unspecified atom stereocenters. The van der Waals surface area contributed by atoms with Gasteiger partial charge in [0.15, 0.2) is 0 Å². The number of nitriles is 1. The summed E-state index contributed by atoms with van der Waals surface area (Å²) < 4.78 is 7.57. The number of ether oxygens (including phenoxy) is 1. The first kappa shape index (κ1) is 20.7. The first-order valence-corrected chi connectivity index (χ1v) is 10.5. The van der Waals surface area contributed by atoms with Crippen molar-refractivity contribution in [2.75, 3.05) is 0 Å². The monoisotopic (exact) mass is 515 g/mol. The smallest absolute Gasteiger partial charge is 0.148 e. The zero-order valence-corrected chi connectivity index (χ0v) is 19.0. The molecule has 0 aromatic heterocycles. The van der Waals surface area contributed by atoms with Crippen molar-refractivity contribution in [3.63, 3.8) is 0 Å². The number of nitrogens with zero attached hydrogens (tertiary/aromatic N) is 1. The van der Waals surface area contributed by atoms with Gasteiger partial charge in [-0.25, -0.2) is 0 Å². The molecular formula is C23H16Br2ClNO. The van der Waals surface area contributed by atoms with Gasteiger partial charge in [0.2, 0.25) is 0 Å². The molecule has 0 bridgehead atoms. The summed E-state index contributed by atoms with van der Waals surface area (Å²) in [7, 11) is 0. The van der Waals surface area contributed by atoms with Crippen molar-refractivity contribution in [1.29, 1.82) is 5.26 Å². The van der Waals surface area contributed by atoms with Gasteiger partial charge in [-0.05, 0) is 85.8 Å². The van der Waals surface area contributed by atoms with Crippen molar-refractivity contribution in [2.45, 2.75) is 13.5 Å². The molecule has 0 aliphatic rings. The maximum Gasteiger partial charge on any atom is 0.148 e. The molecule has 28 heavy (non-hydrogen) atoms. The summed E-state index contributed by atoms with van der Waals surface area (Å²) in [5, 5.41) is 10.3. The van der Waals surface area contributed by atoms with E-state index in [-0.39, 0.29) is 0 Å². The molecule has 0 saturated carbocycles. The van der Waals surface area contributed by atoms with Crippen molar-refractivity contribution >= 4 is 55.1 Å². The predicted molar refractivity (Wildman–Crippen MR) is 122 cm³/mol. The summed E-state index contributed by atoms with van der Waals surface area (Å²) in [4.78, 5) is 0. The van der Waals surface area contributed by atoms with E-state index in [1.807, 2.05) is 73.7 Å². The minimum absolute atomic E-state index is 0.427. The van der Waals surface area contributed by atoms with Crippen LogP contribution < -0.4 is 4.74 Å². The second kappa shape index (κ2) is 9.43. The number of hydrogen-bond acceptors (Lipinski definition) is 2. The Kier molecular flexibility index (Phi) is 6.96. The molecule has 0 fully saturated rings. The van der Waals surface area contributed by atoms with Crippen LogP contribution in [0.2, 0.25) is 5.02 Å². The summed E-state index contributed by atoms with van der Waals surface area (Å²) in [6, 6.07) is 21.6. The Labute approximate surface area is 186 Å². The van der Waals surface area contributed by atoms with Crippen LogP contribution in [0.3, 0.4) is 0 Å². The van der Waals surface area contributed by atoms with E-state index in [4.69, 9.17) is 16.3 Å². The zero-order chi connectivity index (χ0) is 20.1. The standard InChI is InChI=1S/C23H16Br2ClNO/c1-15-2-6-18(7-3-15)19(13-27)10-17-11-21(24)23(22(25)12-17)28-14-16-4-8-20(26)9-5-16/h2-12H,14H2,1H3/b19-10-. The van der Waals surface area contributed by atoms with Crippen LogP contribution in [0.4, 0.5) is 0 Å². The molecule has 0 aliphatic heterocycles. The summed E-state index contributed by atoms with van der Waals surface area (Å²) in [6.45, 7) is 2.45. The highest BCUT2D eigenvalue weighted by atomic mass is 79.9. The lowest BCUT2D eigenvalue weighted by molar-refractivity contribution is 0.302. The molecule has 2 nitrogen and oxygen atoms in total. The van der Waals surface area contributed by atoms with E-state index >= 15 is 0 Å². The Morgan fingerprint density at radius 3 is 2.21 bits per heavy atom. The molecule has 0 heterocycles. The van der Waals surface area contributed by atoms with E-state index in [9.17, 15) is 5.26 Å². The van der Waals surface area contributed by atoms with Gasteiger partial charge in [0.1, 0.15) is 12.4 Å². The topological polar surface area (TPSA) is 33.0 Å². The van der Waals surface area contributed by atoms with E-state index < -0.39 is 0 Å². The minimum atomic E-state index is 0.427. The Bertz CT molecular complexity index is 1030. The lowest BCUT2D eigenvalue weighted by atomic mass is 10.0. The number of allylic oxidation sites excluding steroid dienone is 1. The van der Waals surface area contributed by atoms with Crippen LogP contribution in [0.25, 0.3) is 11.6 Å². The van der Waals surface area contributed by atoms with Gasteiger partial charge in [0.05, 0.1) is 20.6 Å². The van der Waals surface area contributed by atoms with Crippen LogP contribution >= 0.6 is 43.5 Å². The lowest BCUT2D eigenvalue weighted by Crippen LogP contribution is -1.97. The van der Waals surface area contributed by atoms with E-state index in [0.29, 0.717) is 23.0 Å². The molecule has 3 aromatic rings.